The minimum absolute atomic E-state index is 0.0249. The van der Waals surface area contributed by atoms with Crippen molar-refractivity contribution in [3.05, 3.63) is 64.5 Å². The number of ketones is 1. The molecule has 0 unspecified atom stereocenters. The fourth-order valence-corrected chi connectivity index (χ4v) is 4.31. The molecular weight excluding hydrogens is 416 g/mol. The lowest BCUT2D eigenvalue weighted by molar-refractivity contribution is -0.148. The van der Waals surface area contributed by atoms with Crippen molar-refractivity contribution in [1.29, 1.82) is 0 Å². The maximum absolute atomic E-state index is 12.6. The fraction of sp³-hybridized carbons (Fsp3) is 0.250. The molecule has 156 valence electrons. The molecule has 3 rings (SSSR count). The van der Waals surface area contributed by atoms with Crippen molar-refractivity contribution >= 4 is 51.0 Å². The topological polar surface area (TPSA) is 63.6 Å². The van der Waals surface area contributed by atoms with Gasteiger partial charge in [0.1, 0.15) is 12.4 Å². The SMILES string of the molecule is CSc1ccc2cc(C(=O)/C=C/c3ccc(OCC(C)(C)C(=O)O)c(C)c3)sc2c1. The van der Waals surface area contributed by atoms with Crippen LogP contribution in [0.15, 0.2) is 53.4 Å². The van der Waals surface area contributed by atoms with E-state index in [0.717, 1.165) is 21.2 Å². The third-order valence-corrected chi connectivity index (χ3v) is 6.60. The van der Waals surface area contributed by atoms with E-state index in [9.17, 15) is 14.7 Å². The summed E-state index contributed by atoms with van der Waals surface area (Å²) in [5.74, 6) is -0.283. The van der Waals surface area contributed by atoms with Crippen LogP contribution in [0.2, 0.25) is 0 Å². The number of rotatable bonds is 8. The lowest BCUT2D eigenvalue weighted by Crippen LogP contribution is -2.30. The quantitative estimate of drug-likeness (QED) is 0.252. The summed E-state index contributed by atoms with van der Waals surface area (Å²) >= 11 is 3.19. The van der Waals surface area contributed by atoms with E-state index in [1.54, 1.807) is 43.8 Å². The molecule has 1 N–H and O–H groups in total. The average Bonchev–Trinajstić information content (AvgIpc) is 3.14. The van der Waals surface area contributed by atoms with Gasteiger partial charge in [0.25, 0.3) is 0 Å². The summed E-state index contributed by atoms with van der Waals surface area (Å²) in [5, 5.41) is 10.3. The smallest absolute Gasteiger partial charge is 0.312 e. The number of thiophene rings is 1. The molecule has 1 aromatic heterocycles. The van der Waals surface area contributed by atoms with Crippen LogP contribution in [-0.4, -0.2) is 29.7 Å². The Labute approximate surface area is 184 Å². The fourth-order valence-electron chi connectivity index (χ4n) is 2.77. The van der Waals surface area contributed by atoms with Gasteiger partial charge in [-0.05, 0) is 79.9 Å². The number of carboxylic acids is 1. The van der Waals surface area contributed by atoms with Crippen LogP contribution in [0.5, 0.6) is 5.75 Å². The highest BCUT2D eigenvalue weighted by molar-refractivity contribution is 7.98. The molecule has 1 heterocycles. The van der Waals surface area contributed by atoms with Crippen LogP contribution >= 0.6 is 23.1 Å². The third kappa shape index (κ3) is 5.12. The second-order valence-electron chi connectivity index (χ2n) is 7.71. The van der Waals surface area contributed by atoms with Gasteiger partial charge < -0.3 is 9.84 Å². The lowest BCUT2D eigenvalue weighted by atomic mass is 9.95. The van der Waals surface area contributed by atoms with Crippen LogP contribution in [-0.2, 0) is 4.79 Å². The monoisotopic (exact) mass is 440 g/mol. The lowest BCUT2D eigenvalue weighted by Gasteiger charge is -2.20. The van der Waals surface area contributed by atoms with Gasteiger partial charge >= 0.3 is 5.97 Å². The number of hydrogen-bond donors (Lipinski definition) is 1. The second-order valence-corrected chi connectivity index (χ2v) is 9.68. The molecule has 0 radical (unpaired) electrons. The summed E-state index contributed by atoms with van der Waals surface area (Å²) in [4.78, 5) is 25.7. The zero-order valence-electron chi connectivity index (χ0n) is 17.4. The Balaban J connectivity index is 1.70. The van der Waals surface area contributed by atoms with Crippen molar-refractivity contribution in [1.82, 2.24) is 0 Å². The zero-order valence-corrected chi connectivity index (χ0v) is 19.0. The number of thioether (sulfide) groups is 1. The molecule has 30 heavy (non-hydrogen) atoms. The van der Waals surface area contributed by atoms with Gasteiger partial charge in [-0.1, -0.05) is 18.2 Å². The third-order valence-electron chi connectivity index (χ3n) is 4.76. The molecule has 0 bridgehead atoms. The molecule has 0 aliphatic rings. The molecule has 0 saturated carbocycles. The Morgan fingerprint density at radius 2 is 1.93 bits per heavy atom. The van der Waals surface area contributed by atoms with Crippen LogP contribution in [0.4, 0.5) is 0 Å². The number of carboxylic acid groups (broad SMARTS) is 1. The first-order valence-corrected chi connectivity index (χ1v) is 11.5. The van der Waals surface area contributed by atoms with E-state index in [1.807, 2.05) is 37.4 Å². The van der Waals surface area contributed by atoms with Crippen LogP contribution < -0.4 is 4.74 Å². The predicted octanol–water partition coefficient (Wildman–Crippen LogP) is 6.32. The number of carbonyl (C=O) groups is 2. The number of aliphatic carboxylic acids is 1. The molecule has 6 heteroatoms. The highest BCUT2D eigenvalue weighted by atomic mass is 32.2. The van der Waals surface area contributed by atoms with Gasteiger partial charge in [-0.3, -0.25) is 9.59 Å². The minimum atomic E-state index is -0.960. The van der Waals surface area contributed by atoms with Crippen molar-refractivity contribution in [2.24, 2.45) is 5.41 Å². The molecule has 0 aliphatic heterocycles. The average molecular weight is 441 g/mol. The predicted molar refractivity (Wildman–Crippen MR) is 125 cm³/mol. The van der Waals surface area contributed by atoms with E-state index in [4.69, 9.17) is 4.74 Å². The molecule has 0 aliphatic carbocycles. The van der Waals surface area contributed by atoms with Crippen molar-refractivity contribution < 1.29 is 19.4 Å². The van der Waals surface area contributed by atoms with Gasteiger partial charge in [-0.25, -0.2) is 0 Å². The molecule has 4 nitrogen and oxygen atoms in total. The number of aryl methyl sites for hydroxylation is 1. The molecule has 3 aromatic rings. The van der Waals surface area contributed by atoms with Crippen molar-refractivity contribution in [2.45, 2.75) is 25.7 Å². The summed E-state index contributed by atoms with van der Waals surface area (Å²) in [7, 11) is 0. The number of benzene rings is 2. The summed E-state index contributed by atoms with van der Waals surface area (Å²) in [6, 6.07) is 13.7. The standard InChI is InChI=1S/C24H24O4S2/c1-15-11-16(6-10-20(15)28-14-24(2,3)23(26)27)5-9-19(25)22-12-17-7-8-18(29-4)13-21(17)30-22/h5-13H,14H2,1-4H3,(H,26,27)/b9-5+. The molecule has 0 spiro atoms. The molecule has 2 aromatic carbocycles. The van der Waals surface area contributed by atoms with E-state index >= 15 is 0 Å². The van der Waals surface area contributed by atoms with Gasteiger partial charge in [0, 0.05) is 9.60 Å². The highest BCUT2D eigenvalue weighted by Crippen LogP contribution is 2.30. The summed E-state index contributed by atoms with van der Waals surface area (Å²) in [6.45, 7) is 5.24. The summed E-state index contributed by atoms with van der Waals surface area (Å²) in [6.07, 6.45) is 5.41. The molecule has 0 fully saturated rings. The first-order chi connectivity index (χ1) is 14.2. The second kappa shape index (κ2) is 9.06. The summed E-state index contributed by atoms with van der Waals surface area (Å²) in [5.41, 5.74) is 0.812. The number of fused-ring (bicyclic) bond motifs is 1. The first kappa shape index (κ1) is 22.1. The molecule has 0 amide bonds. The molecular formula is C24H24O4S2. The van der Waals surface area contributed by atoms with E-state index in [2.05, 4.69) is 12.1 Å². The van der Waals surface area contributed by atoms with E-state index in [-0.39, 0.29) is 12.4 Å². The number of ether oxygens (including phenoxy) is 1. The van der Waals surface area contributed by atoms with Crippen molar-refractivity contribution in [3.8, 4) is 5.75 Å². The largest absolute Gasteiger partial charge is 0.492 e. The Morgan fingerprint density at radius 3 is 2.60 bits per heavy atom. The first-order valence-electron chi connectivity index (χ1n) is 9.46. The maximum Gasteiger partial charge on any atom is 0.312 e. The number of carbonyl (C=O) groups excluding carboxylic acids is 1. The van der Waals surface area contributed by atoms with Gasteiger partial charge in [0.05, 0.1) is 10.3 Å². The van der Waals surface area contributed by atoms with Gasteiger partial charge in [0.15, 0.2) is 5.78 Å². The Kier molecular flexibility index (Phi) is 6.68. The Bertz CT molecular complexity index is 1130. The van der Waals surface area contributed by atoms with Gasteiger partial charge in [-0.2, -0.15) is 0 Å². The number of allylic oxidation sites excluding steroid dienone is 1. The zero-order chi connectivity index (χ0) is 21.9. The van der Waals surface area contributed by atoms with E-state index in [0.29, 0.717) is 10.6 Å². The van der Waals surface area contributed by atoms with Gasteiger partial charge in [0.2, 0.25) is 0 Å². The molecule has 0 atom stereocenters. The normalized spacial score (nSPS) is 11.9. The van der Waals surface area contributed by atoms with Crippen LogP contribution in [0.3, 0.4) is 0 Å². The Hall–Kier alpha value is -2.57. The highest BCUT2D eigenvalue weighted by Gasteiger charge is 2.28. The van der Waals surface area contributed by atoms with E-state index in [1.165, 1.54) is 16.2 Å². The molecule has 0 saturated heterocycles. The summed E-state index contributed by atoms with van der Waals surface area (Å²) < 4.78 is 6.80. The number of hydrogen-bond acceptors (Lipinski definition) is 5. The maximum atomic E-state index is 12.6. The van der Waals surface area contributed by atoms with E-state index < -0.39 is 11.4 Å². The van der Waals surface area contributed by atoms with Gasteiger partial charge in [-0.15, -0.1) is 23.1 Å². The minimum Gasteiger partial charge on any atom is -0.492 e. The Morgan fingerprint density at radius 1 is 1.17 bits per heavy atom. The van der Waals surface area contributed by atoms with Crippen LogP contribution in [0.1, 0.15) is 34.6 Å². The van der Waals surface area contributed by atoms with Crippen LogP contribution in [0, 0.1) is 12.3 Å². The van der Waals surface area contributed by atoms with Crippen molar-refractivity contribution in [2.75, 3.05) is 12.9 Å². The van der Waals surface area contributed by atoms with Crippen LogP contribution in [0.25, 0.3) is 16.2 Å². The van der Waals surface area contributed by atoms with Crippen molar-refractivity contribution in [3.63, 3.8) is 0 Å².